The molecule has 2 saturated heterocycles. The minimum Gasteiger partial charge on any atom is -0.342 e. The number of hydrogen-bond donors (Lipinski definition) is 1. The van der Waals surface area contributed by atoms with E-state index in [-0.39, 0.29) is 12.4 Å². The average molecular weight is 352 g/mol. The third-order valence-electron chi connectivity index (χ3n) is 5.31. The maximum absolute atomic E-state index is 12.5. The molecule has 3 rings (SSSR count). The first-order valence-corrected chi connectivity index (χ1v) is 8.99. The van der Waals surface area contributed by atoms with Gasteiger partial charge in [-0.3, -0.25) is 9.69 Å². The zero-order valence-electron chi connectivity index (χ0n) is 14.6. The molecule has 1 aromatic rings. The van der Waals surface area contributed by atoms with Gasteiger partial charge in [0, 0.05) is 38.8 Å². The molecule has 0 bridgehead atoms. The van der Waals surface area contributed by atoms with Crippen LogP contribution in [0.3, 0.4) is 0 Å². The lowest BCUT2D eigenvalue weighted by molar-refractivity contribution is -0.134. The van der Waals surface area contributed by atoms with Gasteiger partial charge in [0.1, 0.15) is 0 Å². The quantitative estimate of drug-likeness (QED) is 0.903. The van der Waals surface area contributed by atoms with Crippen molar-refractivity contribution < 1.29 is 4.79 Å². The number of halogens is 1. The van der Waals surface area contributed by atoms with E-state index in [2.05, 4.69) is 52.4 Å². The van der Waals surface area contributed by atoms with E-state index in [1.165, 1.54) is 5.56 Å². The van der Waals surface area contributed by atoms with E-state index < -0.39 is 0 Å². The molecule has 24 heavy (non-hydrogen) atoms. The van der Waals surface area contributed by atoms with E-state index in [1.54, 1.807) is 0 Å². The van der Waals surface area contributed by atoms with E-state index in [4.69, 9.17) is 0 Å². The van der Waals surface area contributed by atoms with Gasteiger partial charge >= 0.3 is 0 Å². The number of benzene rings is 1. The van der Waals surface area contributed by atoms with Crippen molar-refractivity contribution in [3.05, 3.63) is 35.9 Å². The summed E-state index contributed by atoms with van der Waals surface area (Å²) in [7, 11) is 0. The first kappa shape index (κ1) is 19.2. The van der Waals surface area contributed by atoms with Crippen molar-refractivity contribution in [3.8, 4) is 0 Å². The second-order valence-electron chi connectivity index (χ2n) is 7.04. The number of nitrogens with zero attached hydrogens (tertiary/aromatic N) is 2. The summed E-state index contributed by atoms with van der Waals surface area (Å²) in [6.45, 7) is 7.62. The normalized spacial score (nSPS) is 22.9. The number of piperazine rings is 1. The number of carbonyl (C=O) groups excluding carboxylic acids is 1. The van der Waals surface area contributed by atoms with Gasteiger partial charge in [-0.2, -0.15) is 0 Å². The molecule has 0 radical (unpaired) electrons. The van der Waals surface area contributed by atoms with Crippen molar-refractivity contribution in [1.82, 2.24) is 15.1 Å². The summed E-state index contributed by atoms with van der Waals surface area (Å²) < 4.78 is 0. The molecule has 1 amide bonds. The Kier molecular flexibility index (Phi) is 7.53. The van der Waals surface area contributed by atoms with Crippen LogP contribution < -0.4 is 5.32 Å². The van der Waals surface area contributed by atoms with Crippen LogP contribution in [0, 0.1) is 5.92 Å². The highest BCUT2D eigenvalue weighted by atomic mass is 35.5. The number of rotatable bonds is 4. The zero-order chi connectivity index (χ0) is 16.1. The highest BCUT2D eigenvalue weighted by molar-refractivity contribution is 5.85. The van der Waals surface area contributed by atoms with Gasteiger partial charge < -0.3 is 10.2 Å². The second kappa shape index (κ2) is 9.40. The molecule has 0 aliphatic carbocycles. The van der Waals surface area contributed by atoms with Crippen molar-refractivity contribution in [2.24, 2.45) is 5.92 Å². The Bertz CT molecular complexity index is 503. The van der Waals surface area contributed by atoms with Crippen LogP contribution >= 0.6 is 12.4 Å². The minimum atomic E-state index is 0. The third kappa shape index (κ3) is 5.20. The van der Waals surface area contributed by atoms with Crippen molar-refractivity contribution in [2.75, 3.05) is 39.3 Å². The molecule has 134 valence electrons. The number of piperidine rings is 1. The summed E-state index contributed by atoms with van der Waals surface area (Å²) in [5, 5.41) is 3.38. The first-order chi connectivity index (χ1) is 11.2. The Balaban J connectivity index is 0.00000208. The predicted octanol–water partition coefficient (Wildman–Crippen LogP) is 2.18. The lowest BCUT2D eigenvalue weighted by Gasteiger charge is -2.37. The summed E-state index contributed by atoms with van der Waals surface area (Å²) in [5.74, 6) is 1.04. The summed E-state index contributed by atoms with van der Waals surface area (Å²) in [4.78, 5) is 16.9. The summed E-state index contributed by atoms with van der Waals surface area (Å²) in [6, 6.07) is 11.2. The van der Waals surface area contributed by atoms with E-state index in [0.29, 0.717) is 18.5 Å². The fourth-order valence-electron chi connectivity index (χ4n) is 3.73. The van der Waals surface area contributed by atoms with Crippen LogP contribution in [-0.2, 0) is 11.2 Å². The highest BCUT2D eigenvalue weighted by Crippen LogP contribution is 2.22. The Hall–Kier alpha value is -1.10. The molecular weight excluding hydrogens is 322 g/mol. The van der Waals surface area contributed by atoms with Gasteiger partial charge in [-0.25, -0.2) is 0 Å². The maximum atomic E-state index is 12.5. The molecule has 2 aliphatic heterocycles. The lowest BCUT2D eigenvalue weighted by atomic mass is 9.90. The fraction of sp³-hybridized carbons (Fsp3) is 0.632. The molecule has 1 aromatic carbocycles. The molecule has 5 heteroatoms. The number of amides is 1. The maximum Gasteiger partial charge on any atom is 0.236 e. The molecular formula is C19H30ClN3O. The minimum absolute atomic E-state index is 0. The predicted molar refractivity (Wildman–Crippen MR) is 101 cm³/mol. The standard InChI is InChI=1S/C19H29N3O.ClH/c1-16-14-20-9-12-22(16)15-19(23)21-10-7-18(8-11-21)13-17-5-3-2-4-6-17;/h2-6,16,18,20H,7-15H2,1H3;1H/t16-;/m0./s1. The molecule has 0 aromatic heterocycles. The van der Waals surface area contributed by atoms with E-state index in [9.17, 15) is 4.79 Å². The monoisotopic (exact) mass is 351 g/mol. The molecule has 1 atom stereocenters. The van der Waals surface area contributed by atoms with Crippen LogP contribution in [0.2, 0.25) is 0 Å². The molecule has 2 fully saturated rings. The van der Waals surface area contributed by atoms with Gasteiger partial charge in [0.2, 0.25) is 5.91 Å². The lowest BCUT2D eigenvalue weighted by Crippen LogP contribution is -2.53. The van der Waals surface area contributed by atoms with E-state index in [1.807, 2.05) is 0 Å². The van der Waals surface area contributed by atoms with E-state index in [0.717, 1.165) is 57.9 Å². The molecule has 0 unspecified atom stereocenters. The van der Waals surface area contributed by atoms with Crippen molar-refractivity contribution in [2.45, 2.75) is 32.2 Å². The van der Waals surface area contributed by atoms with Crippen LogP contribution in [0.15, 0.2) is 30.3 Å². The van der Waals surface area contributed by atoms with Crippen LogP contribution in [-0.4, -0.2) is 61.0 Å². The largest absolute Gasteiger partial charge is 0.342 e. The van der Waals surface area contributed by atoms with Crippen molar-refractivity contribution in [1.29, 1.82) is 0 Å². The van der Waals surface area contributed by atoms with Crippen LogP contribution in [0.4, 0.5) is 0 Å². The number of likely N-dealkylation sites (tertiary alicyclic amines) is 1. The van der Waals surface area contributed by atoms with Gasteiger partial charge in [0.25, 0.3) is 0 Å². The van der Waals surface area contributed by atoms with Gasteiger partial charge in [-0.1, -0.05) is 30.3 Å². The van der Waals surface area contributed by atoms with Gasteiger partial charge in [-0.05, 0) is 37.7 Å². The zero-order valence-corrected chi connectivity index (χ0v) is 15.4. The smallest absolute Gasteiger partial charge is 0.236 e. The molecule has 1 N–H and O–H groups in total. The van der Waals surface area contributed by atoms with Crippen LogP contribution in [0.5, 0.6) is 0 Å². The average Bonchev–Trinajstić information content (AvgIpc) is 2.58. The topological polar surface area (TPSA) is 35.6 Å². The van der Waals surface area contributed by atoms with Crippen molar-refractivity contribution in [3.63, 3.8) is 0 Å². The first-order valence-electron chi connectivity index (χ1n) is 8.99. The van der Waals surface area contributed by atoms with Gasteiger partial charge in [0.05, 0.1) is 6.54 Å². The molecule has 0 spiro atoms. The fourth-order valence-corrected chi connectivity index (χ4v) is 3.73. The molecule has 2 aliphatic rings. The summed E-state index contributed by atoms with van der Waals surface area (Å²) in [6.07, 6.45) is 3.42. The van der Waals surface area contributed by atoms with Crippen LogP contribution in [0.25, 0.3) is 0 Å². The third-order valence-corrected chi connectivity index (χ3v) is 5.31. The van der Waals surface area contributed by atoms with Gasteiger partial charge in [-0.15, -0.1) is 12.4 Å². The Morgan fingerprint density at radius 2 is 1.88 bits per heavy atom. The van der Waals surface area contributed by atoms with Crippen LogP contribution in [0.1, 0.15) is 25.3 Å². The number of carbonyl (C=O) groups is 1. The molecule has 0 saturated carbocycles. The van der Waals surface area contributed by atoms with Crippen molar-refractivity contribution >= 4 is 18.3 Å². The number of hydrogen-bond acceptors (Lipinski definition) is 3. The Labute approximate surface area is 152 Å². The SMILES string of the molecule is C[C@H]1CNCCN1CC(=O)N1CCC(Cc2ccccc2)CC1.Cl. The molecule has 4 nitrogen and oxygen atoms in total. The van der Waals surface area contributed by atoms with E-state index >= 15 is 0 Å². The van der Waals surface area contributed by atoms with Gasteiger partial charge in [0.15, 0.2) is 0 Å². The Morgan fingerprint density at radius 1 is 1.17 bits per heavy atom. The Morgan fingerprint density at radius 3 is 2.54 bits per heavy atom. The highest BCUT2D eigenvalue weighted by Gasteiger charge is 2.26. The molecule has 2 heterocycles. The second-order valence-corrected chi connectivity index (χ2v) is 7.04. The number of nitrogens with one attached hydrogen (secondary N) is 1. The summed E-state index contributed by atoms with van der Waals surface area (Å²) >= 11 is 0. The summed E-state index contributed by atoms with van der Waals surface area (Å²) in [5.41, 5.74) is 1.42.